The molecule has 2 unspecified atom stereocenters. The maximum atomic E-state index is 13.9. The zero-order chi connectivity index (χ0) is 19.2. The number of rotatable bonds is 4. The predicted molar refractivity (Wildman–Crippen MR) is 100 cm³/mol. The molecule has 6 heteroatoms. The monoisotopic (exact) mass is 374 g/mol. The third-order valence-electron chi connectivity index (χ3n) is 4.99. The van der Waals surface area contributed by atoms with Crippen molar-refractivity contribution in [2.45, 2.75) is 44.2 Å². The number of carbonyl (C=O) groups is 1. The molecule has 2 aromatic carbocycles. The molecule has 144 valence electrons. The van der Waals surface area contributed by atoms with Crippen molar-refractivity contribution >= 4 is 11.7 Å². The second kappa shape index (κ2) is 8.95. The lowest BCUT2D eigenvalue weighted by Gasteiger charge is -2.31. The van der Waals surface area contributed by atoms with Gasteiger partial charge < -0.3 is 15.3 Å². The van der Waals surface area contributed by atoms with Gasteiger partial charge in [-0.2, -0.15) is 0 Å². The lowest BCUT2D eigenvalue weighted by atomic mass is 9.98. The number of urea groups is 1. The van der Waals surface area contributed by atoms with E-state index < -0.39 is 23.8 Å². The van der Waals surface area contributed by atoms with E-state index in [9.17, 15) is 18.7 Å². The average molecular weight is 374 g/mol. The number of benzene rings is 2. The molecule has 3 rings (SSSR count). The van der Waals surface area contributed by atoms with Gasteiger partial charge in [0.05, 0.1) is 11.8 Å². The van der Waals surface area contributed by atoms with Crippen LogP contribution in [0.25, 0.3) is 0 Å². The molecule has 2 aromatic rings. The van der Waals surface area contributed by atoms with E-state index in [0.717, 1.165) is 49.4 Å². The summed E-state index contributed by atoms with van der Waals surface area (Å²) in [5.41, 5.74) is 0.630. The smallest absolute Gasteiger partial charge is 0.322 e. The molecule has 0 bridgehead atoms. The Bertz CT molecular complexity index is 770. The van der Waals surface area contributed by atoms with Crippen LogP contribution in [0.5, 0.6) is 0 Å². The van der Waals surface area contributed by atoms with Crippen LogP contribution in [-0.4, -0.2) is 28.6 Å². The molecule has 0 aliphatic carbocycles. The van der Waals surface area contributed by atoms with Gasteiger partial charge in [0, 0.05) is 18.7 Å². The van der Waals surface area contributed by atoms with E-state index in [1.165, 1.54) is 0 Å². The Labute approximate surface area is 157 Å². The van der Waals surface area contributed by atoms with Crippen LogP contribution < -0.4 is 5.32 Å². The first-order chi connectivity index (χ1) is 13.0. The Balaban J connectivity index is 1.73. The minimum absolute atomic E-state index is 0.167. The highest BCUT2D eigenvalue weighted by Gasteiger charge is 2.28. The van der Waals surface area contributed by atoms with Gasteiger partial charge in [0.2, 0.25) is 0 Å². The van der Waals surface area contributed by atoms with Gasteiger partial charge >= 0.3 is 6.03 Å². The molecule has 1 fully saturated rings. The molecule has 0 saturated carbocycles. The summed E-state index contributed by atoms with van der Waals surface area (Å²) in [4.78, 5) is 14.4. The molecule has 1 aliphatic rings. The van der Waals surface area contributed by atoms with E-state index in [-0.39, 0.29) is 11.7 Å². The number of aliphatic hydroxyl groups excluding tert-OH is 1. The SMILES string of the molecule is O=C(Nc1cc(F)ccc1F)N1CCCCCC1CC(O)c1ccccc1. The first kappa shape index (κ1) is 19.3. The molecule has 0 radical (unpaired) electrons. The minimum Gasteiger partial charge on any atom is -0.388 e. The fraction of sp³-hybridized carbons (Fsp3) is 0.381. The van der Waals surface area contributed by atoms with Crippen molar-refractivity contribution in [3.8, 4) is 0 Å². The van der Waals surface area contributed by atoms with Crippen LogP contribution in [-0.2, 0) is 0 Å². The molecule has 1 saturated heterocycles. The van der Waals surface area contributed by atoms with Crippen LogP contribution in [0.4, 0.5) is 19.3 Å². The summed E-state index contributed by atoms with van der Waals surface area (Å²) in [5, 5.41) is 13.0. The molecular formula is C21H24F2N2O2. The van der Waals surface area contributed by atoms with E-state index in [1.807, 2.05) is 30.3 Å². The van der Waals surface area contributed by atoms with E-state index in [0.29, 0.717) is 13.0 Å². The van der Waals surface area contributed by atoms with Crippen LogP contribution in [0, 0.1) is 11.6 Å². The molecule has 2 amide bonds. The number of nitrogens with zero attached hydrogens (tertiary/aromatic N) is 1. The Hall–Kier alpha value is -2.47. The highest BCUT2D eigenvalue weighted by Crippen LogP contribution is 2.27. The van der Waals surface area contributed by atoms with Gasteiger partial charge in [-0.25, -0.2) is 13.6 Å². The van der Waals surface area contributed by atoms with Crippen molar-refractivity contribution < 1.29 is 18.7 Å². The van der Waals surface area contributed by atoms with Crippen LogP contribution in [0.15, 0.2) is 48.5 Å². The highest BCUT2D eigenvalue weighted by atomic mass is 19.1. The molecule has 2 N–H and O–H groups in total. The van der Waals surface area contributed by atoms with Crippen molar-refractivity contribution in [1.82, 2.24) is 4.90 Å². The maximum Gasteiger partial charge on any atom is 0.322 e. The molecule has 1 aliphatic heterocycles. The van der Waals surface area contributed by atoms with E-state index in [2.05, 4.69) is 5.32 Å². The van der Waals surface area contributed by atoms with Gasteiger partial charge in [-0.3, -0.25) is 0 Å². The highest BCUT2D eigenvalue weighted by molar-refractivity contribution is 5.89. The number of anilines is 1. The summed E-state index contributed by atoms with van der Waals surface area (Å²) in [6.45, 7) is 0.523. The van der Waals surface area contributed by atoms with Crippen LogP contribution in [0.2, 0.25) is 0 Å². The minimum atomic E-state index is -0.685. The Morgan fingerprint density at radius 3 is 2.70 bits per heavy atom. The molecule has 1 heterocycles. The van der Waals surface area contributed by atoms with E-state index >= 15 is 0 Å². The lowest BCUT2D eigenvalue weighted by Crippen LogP contribution is -2.43. The second-order valence-corrected chi connectivity index (χ2v) is 6.91. The topological polar surface area (TPSA) is 52.6 Å². The molecule has 4 nitrogen and oxygen atoms in total. The summed E-state index contributed by atoms with van der Waals surface area (Å²) in [7, 11) is 0. The van der Waals surface area contributed by atoms with Gasteiger partial charge in [0.25, 0.3) is 0 Å². The third kappa shape index (κ3) is 5.04. The number of hydrogen-bond donors (Lipinski definition) is 2. The van der Waals surface area contributed by atoms with E-state index in [4.69, 9.17) is 0 Å². The van der Waals surface area contributed by atoms with Crippen molar-refractivity contribution in [2.75, 3.05) is 11.9 Å². The van der Waals surface area contributed by atoms with Crippen molar-refractivity contribution in [3.63, 3.8) is 0 Å². The summed E-state index contributed by atoms with van der Waals surface area (Å²) < 4.78 is 27.2. The van der Waals surface area contributed by atoms with Crippen LogP contribution >= 0.6 is 0 Å². The van der Waals surface area contributed by atoms with Gasteiger partial charge in [-0.1, -0.05) is 43.2 Å². The van der Waals surface area contributed by atoms with Gasteiger partial charge in [-0.15, -0.1) is 0 Å². The number of hydrogen-bond acceptors (Lipinski definition) is 2. The molecule has 0 aromatic heterocycles. The molecule has 27 heavy (non-hydrogen) atoms. The molecule has 0 spiro atoms. The summed E-state index contributed by atoms with van der Waals surface area (Å²) in [5.74, 6) is -1.29. The van der Waals surface area contributed by atoms with Gasteiger partial charge in [0.1, 0.15) is 11.6 Å². The quantitative estimate of drug-likeness (QED) is 0.803. The third-order valence-corrected chi connectivity index (χ3v) is 4.99. The van der Waals surface area contributed by atoms with Crippen LogP contribution in [0.3, 0.4) is 0 Å². The standard InChI is InChI=1S/C21H24F2N2O2/c22-16-10-11-18(23)19(13-16)24-21(27)25-12-6-2-5-9-17(25)14-20(26)15-7-3-1-4-8-15/h1,3-4,7-8,10-11,13,17,20,26H,2,5-6,9,12,14H2,(H,24,27). The molecular weight excluding hydrogens is 350 g/mol. The van der Waals surface area contributed by atoms with Crippen molar-refractivity contribution in [1.29, 1.82) is 0 Å². The number of carbonyl (C=O) groups excluding carboxylic acids is 1. The zero-order valence-corrected chi connectivity index (χ0v) is 15.1. The first-order valence-corrected chi connectivity index (χ1v) is 9.30. The van der Waals surface area contributed by atoms with Crippen molar-refractivity contribution in [2.24, 2.45) is 0 Å². The fourth-order valence-corrected chi connectivity index (χ4v) is 3.54. The first-order valence-electron chi connectivity index (χ1n) is 9.30. The second-order valence-electron chi connectivity index (χ2n) is 6.91. The zero-order valence-electron chi connectivity index (χ0n) is 15.1. The number of nitrogens with one attached hydrogen (secondary N) is 1. The molecule has 2 atom stereocenters. The Morgan fingerprint density at radius 1 is 1.15 bits per heavy atom. The maximum absolute atomic E-state index is 13.9. The van der Waals surface area contributed by atoms with Gasteiger partial charge in [-0.05, 0) is 37.0 Å². The number of likely N-dealkylation sites (tertiary alicyclic amines) is 1. The van der Waals surface area contributed by atoms with E-state index in [1.54, 1.807) is 4.90 Å². The fourth-order valence-electron chi connectivity index (χ4n) is 3.54. The average Bonchev–Trinajstić information content (AvgIpc) is 2.91. The lowest BCUT2D eigenvalue weighted by molar-refractivity contribution is 0.116. The van der Waals surface area contributed by atoms with Crippen LogP contribution in [0.1, 0.15) is 43.8 Å². The summed E-state index contributed by atoms with van der Waals surface area (Å²) >= 11 is 0. The number of halogens is 2. The largest absolute Gasteiger partial charge is 0.388 e. The van der Waals surface area contributed by atoms with Gasteiger partial charge in [0.15, 0.2) is 0 Å². The predicted octanol–water partition coefficient (Wildman–Crippen LogP) is 4.87. The van der Waals surface area contributed by atoms with Crippen molar-refractivity contribution in [3.05, 3.63) is 65.7 Å². The normalized spacial score (nSPS) is 18.6. The summed E-state index contributed by atoms with van der Waals surface area (Å²) in [6, 6.07) is 11.7. The summed E-state index contributed by atoms with van der Waals surface area (Å²) in [6.07, 6.45) is 3.29. The number of amides is 2. The Kier molecular flexibility index (Phi) is 6.40. The Morgan fingerprint density at radius 2 is 1.93 bits per heavy atom. The number of aliphatic hydroxyl groups is 1.